The highest BCUT2D eigenvalue weighted by molar-refractivity contribution is 5.77. The second-order valence-electron chi connectivity index (χ2n) is 5.07. The Hall–Kier alpha value is -1.08. The van der Waals surface area contributed by atoms with Crippen LogP contribution in [-0.4, -0.2) is 34.6 Å². The lowest BCUT2D eigenvalue weighted by molar-refractivity contribution is -0.136. The summed E-state index contributed by atoms with van der Waals surface area (Å²) in [6.07, 6.45) is 3.67. The highest BCUT2D eigenvalue weighted by atomic mass is 16.3. The second kappa shape index (κ2) is 6.02. The molecule has 1 aliphatic carbocycles. The van der Waals surface area contributed by atoms with Crippen molar-refractivity contribution in [1.29, 1.82) is 5.26 Å². The molecule has 4 heteroatoms. The molecule has 1 rings (SSSR count). The minimum absolute atomic E-state index is 0.0287. The van der Waals surface area contributed by atoms with E-state index in [1.807, 2.05) is 6.92 Å². The number of hydrogen-bond donors (Lipinski definition) is 1. The minimum atomic E-state index is -0.791. The van der Waals surface area contributed by atoms with Crippen LogP contribution in [0.2, 0.25) is 0 Å². The number of carbonyl (C=O) groups excluding carboxylic acids is 1. The van der Waals surface area contributed by atoms with E-state index in [-0.39, 0.29) is 18.2 Å². The first-order chi connectivity index (χ1) is 8.00. The molecule has 17 heavy (non-hydrogen) atoms. The average Bonchev–Trinajstić information content (AvgIpc) is 2.71. The average molecular weight is 238 g/mol. The van der Waals surface area contributed by atoms with Gasteiger partial charge in [0.2, 0.25) is 5.91 Å². The molecule has 1 aliphatic rings. The highest BCUT2D eigenvalue weighted by Crippen LogP contribution is 2.32. The number of carbonyl (C=O) groups is 1. The van der Waals surface area contributed by atoms with E-state index in [9.17, 15) is 9.90 Å². The van der Waals surface area contributed by atoms with Crippen molar-refractivity contribution in [2.45, 2.75) is 51.6 Å². The van der Waals surface area contributed by atoms with Gasteiger partial charge in [0.25, 0.3) is 0 Å². The maximum absolute atomic E-state index is 12.0. The molecule has 0 heterocycles. The van der Waals surface area contributed by atoms with E-state index in [1.54, 1.807) is 11.8 Å². The Kier molecular flexibility index (Phi) is 4.95. The lowest BCUT2D eigenvalue weighted by atomic mass is 9.97. The Balaban J connectivity index is 2.52. The van der Waals surface area contributed by atoms with E-state index in [0.29, 0.717) is 13.1 Å². The Morgan fingerprint density at radius 2 is 2.12 bits per heavy atom. The van der Waals surface area contributed by atoms with Crippen molar-refractivity contribution in [3.8, 4) is 6.07 Å². The first kappa shape index (κ1) is 14.0. The third kappa shape index (κ3) is 4.01. The van der Waals surface area contributed by atoms with E-state index < -0.39 is 5.60 Å². The normalized spacial score (nSPS) is 19.6. The summed E-state index contributed by atoms with van der Waals surface area (Å²) in [5, 5.41) is 18.9. The van der Waals surface area contributed by atoms with E-state index in [1.165, 1.54) is 0 Å². The van der Waals surface area contributed by atoms with Crippen LogP contribution in [0.4, 0.5) is 0 Å². The fraction of sp³-hybridized carbons (Fsp3) is 0.846. The summed E-state index contributed by atoms with van der Waals surface area (Å²) in [4.78, 5) is 13.7. The molecular formula is C13H22N2O2. The fourth-order valence-electron chi connectivity index (χ4n) is 2.38. The Morgan fingerprint density at radius 1 is 1.53 bits per heavy atom. The first-order valence-corrected chi connectivity index (χ1v) is 6.40. The standard InChI is InChI=1S/C13H22N2O2/c1-3-15(10-11(2)9-14)12(16)8-13(17)6-4-5-7-13/h11,17H,3-8,10H2,1-2H3. The molecule has 1 N–H and O–H groups in total. The van der Waals surface area contributed by atoms with Gasteiger partial charge in [-0.15, -0.1) is 0 Å². The molecule has 0 bridgehead atoms. The highest BCUT2D eigenvalue weighted by Gasteiger charge is 2.34. The fourth-order valence-corrected chi connectivity index (χ4v) is 2.38. The minimum Gasteiger partial charge on any atom is -0.389 e. The van der Waals surface area contributed by atoms with Crippen LogP contribution >= 0.6 is 0 Å². The molecular weight excluding hydrogens is 216 g/mol. The molecule has 1 fully saturated rings. The van der Waals surface area contributed by atoms with Gasteiger partial charge in [-0.3, -0.25) is 4.79 Å². The number of nitriles is 1. The van der Waals surface area contributed by atoms with Crippen molar-refractivity contribution >= 4 is 5.91 Å². The maximum Gasteiger partial charge on any atom is 0.225 e. The molecule has 0 aromatic heterocycles. The van der Waals surface area contributed by atoms with Crippen LogP contribution in [0.15, 0.2) is 0 Å². The van der Waals surface area contributed by atoms with Crippen LogP contribution in [0.3, 0.4) is 0 Å². The van der Waals surface area contributed by atoms with E-state index in [2.05, 4.69) is 6.07 Å². The predicted octanol–water partition coefficient (Wildman–Crippen LogP) is 1.69. The van der Waals surface area contributed by atoms with Crippen molar-refractivity contribution in [2.24, 2.45) is 5.92 Å². The maximum atomic E-state index is 12.0. The van der Waals surface area contributed by atoms with Crippen molar-refractivity contribution in [1.82, 2.24) is 4.90 Å². The van der Waals surface area contributed by atoms with Gasteiger partial charge < -0.3 is 10.0 Å². The van der Waals surface area contributed by atoms with Gasteiger partial charge >= 0.3 is 0 Å². The SMILES string of the molecule is CCN(CC(C)C#N)C(=O)CC1(O)CCCC1. The molecule has 0 aromatic carbocycles. The van der Waals surface area contributed by atoms with Gasteiger partial charge in [0.05, 0.1) is 24.0 Å². The molecule has 1 saturated carbocycles. The predicted molar refractivity (Wildman–Crippen MR) is 65.1 cm³/mol. The van der Waals surface area contributed by atoms with Crippen LogP contribution in [0.1, 0.15) is 46.0 Å². The summed E-state index contributed by atoms with van der Waals surface area (Å²) >= 11 is 0. The summed E-state index contributed by atoms with van der Waals surface area (Å²) in [5.41, 5.74) is -0.791. The van der Waals surface area contributed by atoms with E-state index >= 15 is 0 Å². The third-order valence-corrected chi connectivity index (χ3v) is 3.46. The topological polar surface area (TPSA) is 64.3 Å². The van der Waals surface area contributed by atoms with Crippen LogP contribution in [-0.2, 0) is 4.79 Å². The van der Waals surface area contributed by atoms with Gasteiger partial charge in [-0.1, -0.05) is 12.8 Å². The largest absolute Gasteiger partial charge is 0.389 e. The molecule has 4 nitrogen and oxygen atoms in total. The molecule has 0 aromatic rings. The van der Waals surface area contributed by atoms with Crippen molar-refractivity contribution in [2.75, 3.05) is 13.1 Å². The van der Waals surface area contributed by atoms with E-state index in [0.717, 1.165) is 25.7 Å². The van der Waals surface area contributed by atoms with Crippen LogP contribution in [0, 0.1) is 17.2 Å². The quantitative estimate of drug-likeness (QED) is 0.792. The zero-order chi connectivity index (χ0) is 12.9. The van der Waals surface area contributed by atoms with Gasteiger partial charge in [-0.05, 0) is 26.7 Å². The second-order valence-corrected chi connectivity index (χ2v) is 5.07. The zero-order valence-electron chi connectivity index (χ0n) is 10.8. The summed E-state index contributed by atoms with van der Waals surface area (Å²) in [5.74, 6) is -0.184. The number of aliphatic hydroxyl groups is 1. The van der Waals surface area contributed by atoms with Gasteiger partial charge in [-0.2, -0.15) is 5.26 Å². The summed E-state index contributed by atoms with van der Waals surface area (Å²) in [6, 6.07) is 2.13. The van der Waals surface area contributed by atoms with Crippen LogP contribution in [0.25, 0.3) is 0 Å². The smallest absolute Gasteiger partial charge is 0.225 e. The summed E-state index contributed by atoms with van der Waals surface area (Å²) in [6.45, 7) is 4.77. The summed E-state index contributed by atoms with van der Waals surface area (Å²) in [7, 11) is 0. The molecule has 0 saturated heterocycles. The lowest BCUT2D eigenvalue weighted by Crippen LogP contribution is -2.39. The Labute approximate surface area is 103 Å². The molecule has 1 amide bonds. The molecule has 1 atom stereocenters. The number of nitrogens with zero attached hydrogens (tertiary/aromatic N) is 2. The molecule has 1 unspecified atom stereocenters. The van der Waals surface area contributed by atoms with Crippen LogP contribution < -0.4 is 0 Å². The van der Waals surface area contributed by atoms with Crippen LogP contribution in [0.5, 0.6) is 0 Å². The number of hydrogen-bond acceptors (Lipinski definition) is 3. The monoisotopic (exact) mass is 238 g/mol. The Morgan fingerprint density at radius 3 is 2.59 bits per heavy atom. The first-order valence-electron chi connectivity index (χ1n) is 6.40. The number of rotatable bonds is 5. The zero-order valence-corrected chi connectivity index (χ0v) is 10.8. The van der Waals surface area contributed by atoms with Gasteiger partial charge in [-0.25, -0.2) is 0 Å². The lowest BCUT2D eigenvalue weighted by Gasteiger charge is -2.27. The van der Waals surface area contributed by atoms with Crippen molar-refractivity contribution in [3.05, 3.63) is 0 Å². The molecule has 0 radical (unpaired) electrons. The molecule has 96 valence electrons. The summed E-state index contributed by atoms with van der Waals surface area (Å²) < 4.78 is 0. The van der Waals surface area contributed by atoms with Gasteiger partial charge in [0.15, 0.2) is 0 Å². The van der Waals surface area contributed by atoms with Crippen molar-refractivity contribution < 1.29 is 9.90 Å². The molecule has 0 spiro atoms. The molecule has 0 aliphatic heterocycles. The number of amides is 1. The van der Waals surface area contributed by atoms with E-state index in [4.69, 9.17) is 5.26 Å². The van der Waals surface area contributed by atoms with Crippen molar-refractivity contribution in [3.63, 3.8) is 0 Å². The van der Waals surface area contributed by atoms with Gasteiger partial charge in [0.1, 0.15) is 0 Å². The third-order valence-electron chi connectivity index (χ3n) is 3.46. The Bertz CT molecular complexity index is 303. The van der Waals surface area contributed by atoms with Gasteiger partial charge in [0, 0.05) is 13.1 Å².